The minimum absolute atomic E-state index is 0.220. The van der Waals surface area contributed by atoms with Crippen LogP contribution in [0.5, 0.6) is 0 Å². The maximum absolute atomic E-state index is 13.3. The Balaban J connectivity index is 2.54. The van der Waals surface area contributed by atoms with Gasteiger partial charge >= 0.3 is 5.97 Å². The summed E-state index contributed by atoms with van der Waals surface area (Å²) < 4.78 is 13.6. The Bertz CT molecular complexity index is 484. The first-order chi connectivity index (χ1) is 8.91. The van der Waals surface area contributed by atoms with Crippen molar-refractivity contribution in [3.8, 4) is 0 Å². The van der Waals surface area contributed by atoms with E-state index in [0.717, 1.165) is 5.56 Å². The lowest BCUT2D eigenvalue weighted by Crippen LogP contribution is -2.41. The molecule has 4 nitrogen and oxygen atoms in total. The number of halogens is 2. The molecule has 0 aliphatic heterocycles. The van der Waals surface area contributed by atoms with Gasteiger partial charge in [-0.05, 0) is 27.6 Å². The number of carbonyl (C=O) groups excluding carboxylic acids is 1. The summed E-state index contributed by atoms with van der Waals surface area (Å²) in [6, 6.07) is 3.76. The maximum Gasteiger partial charge on any atom is 0.327 e. The molecule has 0 spiro atoms. The molecule has 1 rings (SSSR count). The van der Waals surface area contributed by atoms with Crippen LogP contribution in [0.25, 0.3) is 0 Å². The monoisotopic (exact) mass is 349 g/mol. The van der Waals surface area contributed by atoms with E-state index >= 15 is 0 Å². The van der Waals surface area contributed by atoms with E-state index in [4.69, 9.17) is 5.11 Å². The summed E-state index contributed by atoms with van der Waals surface area (Å²) in [6.07, 6.45) is 0. The average Bonchev–Trinajstić information content (AvgIpc) is 2.32. The molecule has 0 saturated heterocycles. The first kappa shape index (κ1) is 16.0. The highest BCUT2D eigenvalue weighted by Gasteiger charge is 2.18. The predicted octanol–water partition coefficient (Wildman–Crippen LogP) is 2.41. The van der Waals surface area contributed by atoms with Gasteiger partial charge in [-0.15, -0.1) is 0 Å². The third kappa shape index (κ3) is 5.20. The van der Waals surface area contributed by atoms with Crippen LogP contribution in [0, 0.1) is 5.82 Å². The van der Waals surface area contributed by atoms with Crippen molar-refractivity contribution in [2.45, 2.75) is 18.7 Å². The van der Waals surface area contributed by atoms with Gasteiger partial charge in [0.1, 0.15) is 11.9 Å². The molecule has 0 heterocycles. The number of hydrogen-bond donors (Lipinski definition) is 2. The summed E-state index contributed by atoms with van der Waals surface area (Å²) in [4.78, 5) is 21.8. The second-order valence-electron chi connectivity index (χ2n) is 3.82. The van der Waals surface area contributed by atoms with E-state index < -0.39 is 12.0 Å². The van der Waals surface area contributed by atoms with Crippen LogP contribution in [0.2, 0.25) is 0 Å². The average molecular weight is 350 g/mol. The first-order valence-corrected chi connectivity index (χ1v) is 7.37. The second kappa shape index (κ2) is 7.49. The quantitative estimate of drug-likeness (QED) is 0.827. The number of thioether (sulfide) groups is 1. The fourth-order valence-electron chi connectivity index (χ4n) is 1.37. The van der Waals surface area contributed by atoms with Gasteiger partial charge in [-0.3, -0.25) is 4.79 Å². The topological polar surface area (TPSA) is 66.4 Å². The van der Waals surface area contributed by atoms with Gasteiger partial charge in [0.25, 0.3) is 0 Å². The molecule has 1 atom stereocenters. The summed E-state index contributed by atoms with van der Waals surface area (Å²) >= 11 is 4.46. The smallest absolute Gasteiger partial charge is 0.327 e. The van der Waals surface area contributed by atoms with E-state index in [1.165, 1.54) is 24.8 Å². The normalized spacial score (nSPS) is 11.9. The summed E-state index contributed by atoms with van der Waals surface area (Å²) in [5.74, 6) is -1.14. The largest absolute Gasteiger partial charge is 0.480 e. The summed E-state index contributed by atoms with van der Waals surface area (Å²) in [5.41, 5.74) is 0.747. The molecule has 1 amide bonds. The molecule has 0 fully saturated rings. The highest BCUT2D eigenvalue weighted by atomic mass is 79.9. The SMILES string of the molecule is CC(=O)NC(CSCc1cccc(F)c1Br)C(=O)O. The molecule has 0 aliphatic rings. The lowest BCUT2D eigenvalue weighted by molar-refractivity contribution is -0.140. The van der Waals surface area contributed by atoms with E-state index in [2.05, 4.69) is 21.2 Å². The summed E-state index contributed by atoms with van der Waals surface area (Å²) in [6.45, 7) is 1.27. The van der Waals surface area contributed by atoms with Crippen LogP contribution in [0.15, 0.2) is 22.7 Å². The van der Waals surface area contributed by atoms with Crippen LogP contribution in [-0.4, -0.2) is 28.8 Å². The molecule has 0 saturated carbocycles. The predicted molar refractivity (Wildman–Crippen MR) is 75.5 cm³/mol. The highest BCUT2D eigenvalue weighted by molar-refractivity contribution is 9.10. The van der Waals surface area contributed by atoms with Crippen molar-refractivity contribution in [3.63, 3.8) is 0 Å². The first-order valence-electron chi connectivity index (χ1n) is 5.42. The van der Waals surface area contributed by atoms with E-state index in [9.17, 15) is 14.0 Å². The molecule has 19 heavy (non-hydrogen) atoms. The Morgan fingerprint density at radius 3 is 2.79 bits per heavy atom. The third-order valence-corrected chi connectivity index (χ3v) is 4.22. The number of carboxylic acid groups (broad SMARTS) is 1. The fraction of sp³-hybridized carbons (Fsp3) is 0.333. The Morgan fingerprint density at radius 2 is 2.21 bits per heavy atom. The molecule has 7 heteroatoms. The van der Waals surface area contributed by atoms with E-state index in [1.54, 1.807) is 12.1 Å². The van der Waals surface area contributed by atoms with Gasteiger partial charge in [-0.25, -0.2) is 9.18 Å². The molecule has 0 bridgehead atoms. The van der Waals surface area contributed by atoms with Crippen LogP contribution < -0.4 is 5.32 Å². The number of benzene rings is 1. The molecule has 1 aromatic rings. The Hall–Kier alpha value is -1.08. The van der Waals surface area contributed by atoms with Gasteiger partial charge in [0.15, 0.2) is 0 Å². The Kier molecular flexibility index (Phi) is 6.30. The van der Waals surface area contributed by atoms with Gasteiger partial charge in [-0.2, -0.15) is 11.8 Å². The highest BCUT2D eigenvalue weighted by Crippen LogP contribution is 2.24. The molecular formula is C12H13BrFNO3S. The van der Waals surface area contributed by atoms with E-state index in [1.807, 2.05) is 0 Å². The zero-order chi connectivity index (χ0) is 14.4. The molecule has 104 valence electrons. The van der Waals surface area contributed by atoms with Crippen molar-refractivity contribution in [2.75, 3.05) is 5.75 Å². The number of hydrogen-bond acceptors (Lipinski definition) is 3. The maximum atomic E-state index is 13.3. The number of aliphatic carboxylic acids is 1. The van der Waals surface area contributed by atoms with Crippen molar-refractivity contribution >= 4 is 39.6 Å². The number of rotatable bonds is 6. The summed E-state index contributed by atoms with van der Waals surface area (Å²) in [5, 5.41) is 11.3. The minimum atomic E-state index is -1.08. The van der Waals surface area contributed by atoms with Gasteiger partial charge in [0, 0.05) is 18.4 Å². The van der Waals surface area contributed by atoms with Gasteiger partial charge < -0.3 is 10.4 Å². The van der Waals surface area contributed by atoms with Crippen LogP contribution in [-0.2, 0) is 15.3 Å². The second-order valence-corrected chi connectivity index (χ2v) is 5.64. The molecule has 2 N–H and O–H groups in total. The van der Waals surface area contributed by atoms with E-state index in [-0.39, 0.29) is 17.5 Å². The molecule has 1 unspecified atom stereocenters. The minimum Gasteiger partial charge on any atom is -0.480 e. The number of carbonyl (C=O) groups is 2. The molecular weight excluding hydrogens is 337 g/mol. The lowest BCUT2D eigenvalue weighted by atomic mass is 10.2. The fourth-order valence-corrected chi connectivity index (χ4v) is 3.00. The van der Waals surface area contributed by atoms with Crippen LogP contribution in [0.3, 0.4) is 0 Å². The third-order valence-electron chi connectivity index (χ3n) is 2.25. The van der Waals surface area contributed by atoms with Gasteiger partial charge in [0.2, 0.25) is 5.91 Å². The zero-order valence-corrected chi connectivity index (χ0v) is 12.6. The van der Waals surface area contributed by atoms with Crippen molar-refractivity contribution in [2.24, 2.45) is 0 Å². The zero-order valence-electron chi connectivity index (χ0n) is 10.2. The Labute approximate surface area is 122 Å². The van der Waals surface area contributed by atoms with Gasteiger partial charge in [-0.1, -0.05) is 12.1 Å². The van der Waals surface area contributed by atoms with E-state index in [0.29, 0.717) is 10.2 Å². The number of nitrogens with one attached hydrogen (secondary N) is 1. The molecule has 0 aliphatic carbocycles. The van der Waals surface area contributed by atoms with Crippen molar-refractivity contribution < 1.29 is 19.1 Å². The number of amides is 1. The van der Waals surface area contributed by atoms with Crippen LogP contribution >= 0.6 is 27.7 Å². The van der Waals surface area contributed by atoms with Crippen molar-refractivity contribution in [3.05, 3.63) is 34.1 Å². The lowest BCUT2D eigenvalue weighted by Gasteiger charge is -2.13. The standard InChI is InChI=1S/C12H13BrFNO3S/c1-7(16)15-10(12(17)18)6-19-5-8-3-2-4-9(14)11(8)13/h2-4,10H,5-6H2,1H3,(H,15,16)(H,17,18). The summed E-state index contributed by atoms with van der Waals surface area (Å²) in [7, 11) is 0. The van der Waals surface area contributed by atoms with Gasteiger partial charge in [0.05, 0.1) is 4.47 Å². The van der Waals surface area contributed by atoms with Crippen molar-refractivity contribution in [1.82, 2.24) is 5.32 Å². The Morgan fingerprint density at radius 1 is 1.53 bits per heavy atom. The molecule has 0 radical (unpaired) electrons. The number of carboxylic acids is 1. The van der Waals surface area contributed by atoms with Crippen LogP contribution in [0.4, 0.5) is 4.39 Å². The van der Waals surface area contributed by atoms with Crippen LogP contribution in [0.1, 0.15) is 12.5 Å². The van der Waals surface area contributed by atoms with Crippen molar-refractivity contribution in [1.29, 1.82) is 0 Å². The molecule has 0 aromatic heterocycles. The molecule has 1 aromatic carbocycles.